The zero-order valence-corrected chi connectivity index (χ0v) is 11.5. The third-order valence-electron chi connectivity index (χ3n) is 3.93. The van der Waals surface area contributed by atoms with Gasteiger partial charge in [-0.3, -0.25) is 0 Å². The maximum absolute atomic E-state index is 12.9. The van der Waals surface area contributed by atoms with Crippen LogP contribution in [-0.4, -0.2) is 6.54 Å². The Morgan fingerprint density at radius 3 is 2.55 bits per heavy atom. The van der Waals surface area contributed by atoms with Crippen LogP contribution < -0.4 is 11.1 Å². The van der Waals surface area contributed by atoms with Crippen LogP contribution >= 0.6 is 0 Å². The van der Waals surface area contributed by atoms with Crippen LogP contribution in [0.5, 0.6) is 0 Å². The van der Waals surface area contributed by atoms with Crippen LogP contribution in [0.2, 0.25) is 0 Å². The normalized spacial score (nSPS) is 16.6. The predicted octanol–water partition coefficient (Wildman–Crippen LogP) is 4.67. The van der Waals surface area contributed by atoms with Gasteiger partial charge < -0.3 is 11.1 Å². The predicted molar refractivity (Wildman–Crippen MR) is 75.5 cm³/mol. The number of halogens is 3. The van der Waals surface area contributed by atoms with E-state index >= 15 is 0 Å². The Labute approximate surface area is 117 Å². The van der Waals surface area contributed by atoms with E-state index in [1.165, 1.54) is 37.8 Å². The summed E-state index contributed by atoms with van der Waals surface area (Å²) in [5, 5.41) is 2.90. The van der Waals surface area contributed by atoms with Gasteiger partial charge in [0.1, 0.15) is 0 Å². The molecule has 2 nitrogen and oxygen atoms in total. The molecule has 0 heterocycles. The molecule has 1 aromatic carbocycles. The van der Waals surface area contributed by atoms with Gasteiger partial charge in [0, 0.05) is 17.9 Å². The first-order valence-corrected chi connectivity index (χ1v) is 7.17. The van der Waals surface area contributed by atoms with E-state index in [1.807, 2.05) is 0 Å². The van der Waals surface area contributed by atoms with Crippen molar-refractivity contribution in [1.82, 2.24) is 0 Å². The highest BCUT2D eigenvalue weighted by atomic mass is 19.4. The molecule has 112 valence electrons. The highest BCUT2D eigenvalue weighted by Crippen LogP contribution is 2.36. The Bertz CT molecular complexity index is 437. The van der Waals surface area contributed by atoms with Crippen molar-refractivity contribution in [3.05, 3.63) is 23.8 Å². The van der Waals surface area contributed by atoms with E-state index in [2.05, 4.69) is 5.32 Å². The third-order valence-corrected chi connectivity index (χ3v) is 3.93. The van der Waals surface area contributed by atoms with Crippen molar-refractivity contribution >= 4 is 11.4 Å². The molecule has 0 aliphatic heterocycles. The molecule has 3 N–H and O–H groups in total. The summed E-state index contributed by atoms with van der Waals surface area (Å²) in [6.07, 6.45) is 2.78. The second-order valence-corrected chi connectivity index (χ2v) is 5.52. The standard InChI is InChI=1S/C15H21F3N2/c16-15(17,18)13-10-12(19)7-8-14(13)20-9-3-6-11-4-1-2-5-11/h7-8,10-11,20H,1-6,9,19H2. The summed E-state index contributed by atoms with van der Waals surface area (Å²) in [5.41, 5.74) is 5.01. The minimum absolute atomic E-state index is 0.123. The number of benzene rings is 1. The molecule has 1 aliphatic rings. The van der Waals surface area contributed by atoms with E-state index in [0.29, 0.717) is 6.54 Å². The van der Waals surface area contributed by atoms with Gasteiger partial charge in [0.25, 0.3) is 0 Å². The molecule has 20 heavy (non-hydrogen) atoms. The van der Waals surface area contributed by atoms with Crippen molar-refractivity contribution in [1.29, 1.82) is 0 Å². The number of rotatable bonds is 5. The molecule has 0 atom stereocenters. The fraction of sp³-hybridized carbons (Fsp3) is 0.600. The lowest BCUT2D eigenvalue weighted by molar-refractivity contribution is -0.136. The van der Waals surface area contributed by atoms with Crippen LogP contribution in [-0.2, 0) is 6.18 Å². The first kappa shape index (κ1) is 15.0. The zero-order chi connectivity index (χ0) is 14.6. The molecular formula is C15H21F3N2. The van der Waals surface area contributed by atoms with Crippen molar-refractivity contribution in [2.75, 3.05) is 17.6 Å². The van der Waals surface area contributed by atoms with Gasteiger partial charge in [-0.15, -0.1) is 0 Å². The molecule has 0 aromatic heterocycles. The molecule has 1 fully saturated rings. The number of nitrogen functional groups attached to an aromatic ring is 1. The van der Waals surface area contributed by atoms with Crippen LogP contribution in [0.15, 0.2) is 18.2 Å². The zero-order valence-electron chi connectivity index (χ0n) is 11.5. The van der Waals surface area contributed by atoms with Crippen molar-refractivity contribution in [2.45, 2.75) is 44.7 Å². The van der Waals surface area contributed by atoms with E-state index < -0.39 is 11.7 Å². The van der Waals surface area contributed by atoms with E-state index in [9.17, 15) is 13.2 Å². The average Bonchev–Trinajstić information content (AvgIpc) is 2.88. The van der Waals surface area contributed by atoms with Gasteiger partial charge in [-0.1, -0.05) is 25.7 Å². The lowest BCUT2D eigenvalue weighted by atomic mass is 10.0. The Morgan fingerprint density at radius 2 is 1.90 bits per heavy atom. The van der Waals surface area contributed by atoms with Crippen molar-refractivity contribution in [3.8, 4) is 0 Å². The molecule has 0 unspecified atom stereocenters. The van der Waals surface area contributed by atoms with Gasteiger partial charge in [0.2, 0.25) is 0 Å². The highest BCUT2D eigenvalue weighted by molar-refractivity contribution is 5.59. The molecule has 1 aliphatic carbocycles. The average molecular weight is 286 g/mol. The molecule has 0 spiro atoms. The lowest BCUT2D eigenvalue weighted by Gasteiger charge is -2.16. The summed E-state index contributed by atoms with van der Waals surface area (Å²) in [5.74, 6) is 0.769. The van der Waals surface area contributed by atoms with Gasteiger partial charge in [-0.05, 0) is 37.0 Å². The third kappa shape index (κ3) is 4.05. The quantitative estimate of drug-likeness (QED) is 0.609. The Hall–Kier alpha value is -1.39. The molecular weight excluding hydrogens is 265 g/mol. The first-order valence-electron chi connectivity index (χ1n) is 7.17. The van der Waals surface area contributed by atoms with Crippen LogP contribution in [0.3, 0.4) is 0 Å². The second kappa shape index (κ2) is 6.37. The highest BCUT2D eigenvalue weighted by Gasteiger charge is 2.33. The maximum atomic E-state index is 12.9. The molecule has 0 amide bonds. The summed E-state index contributed by atoms with van der Waals surface area (Å²) in [7, 11) is 0. The largest absolute Gasteiger partial charge is 0.418 e. The molecule has 5 heteroatoms. The summed E-state index contributed by atoms with van der Waals surface area (Å²) in [6, 6.07) is 3.89. The van der Waals surface area contributed by atoms with Crippen molar-refractivity contribution in [2.24, 2.45) is 5.92 Å². The summed E-state index contributed by atoms with van der Waals surface area (Å²) < 4.78 is 38.7. The molecule has 1 aromatic rings. The molecule has 0 bridgehead atoms. The van der Waals surface area contributed by atoms with E-state index in [0.717, 1.165) is 24.8 Å². The SMILES string of the molecule is Nc1ccc(NCCCC2CCCC2)c(C(F)(F)F)c1. The topological polar surface area (TPSA) is 38.0 Å². The van der Waals surface area contributed by atoms with Crippen molar-refractivity contribution < 1.29 is 13.2 Å². The molecule has 0 radical (unpaired) electrons. The van der Waals surface area contributed by atoms with Crippen LogP contribution in [0.25, 0.3) is 0 Å². The van der Waals surface area contributed by atoms with Crippen LogP contribution in [0, 0.1) is 5.92 Å². The Kier molecular flexibility index (Phi) is 4.78. The number of hydrogen-bond acceptors (Lipinski definition) is 2. The number of nitrogens with two attached hydrogens (primary N) is 1. The Morgan fingerprint density at radius 1 is 1.20 bits per heavy atom. The minimum Gasteiger partial charge on any atom is -0.399 e. The van der Waals surface area contributed by atoms with Gasteiger partial charge >= 0.3 is 6.18 Å². The van der Waals surface area contributed by atoms with E-state index in [1.54, 1.807) is 0 Å². The first-order chi connectivity index (χ1) is 9.47. The van der Waals surface area contributed by atoms with Crippen molar-refractivity contribution in [3.63, 3.8) is 0 Å². The minimum atomic E-state index is -4.37. The molecule has 0 saturated heterocycles. The number of anilines is 2. The number of nitrogens with one attached hydrogen (secondary N) is 1. The van der Waals surface area contributed by atoms with Crippen LogP contribution in [0.4, 0.5) is 24.5 Å². The summed E-state index contributed by atoms with van der Waals surface area (Å²) in [6.45, 7) is 0.573. The number of alkyl halides is 3. The van der Waals surface area contributed by atoms with E-state index in [-0.39, 0.29) is 11.4 Å². The van der Waals surface area contributed by atoms with Crippen LogP contribution in [0.1, 0.15) is 44.1 Å². The second-order valence-electron chi connectivity index (χ2n) is 5.52. The molecule has 2 rings (SSSR count). The maximum Gasteiger partial charge on any atom is 0.418 e. The molecule has 1 saturated carbocycles. The van der Waals surface area contributed by atoms with Gasteiger partial charge in [-0.2, -0.15) is 13.2 Å². The van der Waals surface area contributed by atoms with Gasteiger partial charge in [0.05, 0.1) is 5.56 Å². The smallest absolute Gasteiger partial charge is 0.399 e. The van der Waals surface area contributed by atoms with Gasteiger partial charge in [-0.25, -0.2) is 0 Å². The fourth-order valence-electron chi connectivity index (χ4n) is 2.86. The lowest BCUT2D eigenvalue weighted by Crippen LogP contribution is -2.12. The monoisotopic (exact) mass is 286 g/mol. The fourth-order valence-corrected chi connectivity index (χ4v) is 2.86. The summed E-state index contributed by atoms with van der Waals surface area (Å²) >= 11 is 0. The van der Waals surface area contributed by atoms with E-state index in [4.69, 9.17) is 5.73 Å². The van der Waals surface area contributed by atoms with Gasteiger partial charge in [0.15, 0.2) is 0 Å². The summed E-state index contributed by atoms with van der Waals surface area (Å²) in [4.78, 5) is 0. The Balaban J connectivity index is 1.88. The number of hydrogen-bond donors (Lipinski definition) is 2.